The molecule has 0 saturated heterocycles. The number of anilines is 1. The first-order chi connectivity index (χ1) is 7.57. The van der Waals surface area contributed by atoms with E-state index in [1.807, 2.05) is 0 Å². The molecule has 2 rings (SSSR count). The summed E-state index contributed by atoms with van der Waals surface area (Å²) in [5.74, 6) is 1.14. The van der Waals surface area contributed by atoms with Crippen LogP contribution in [0.3, 0.4) is 0 Å². The molecular weight excluding hydrogens is 196 g/mol. The second kappa shape index (κ2) is 4.28. The molecule has 0 aromatic heterocycles. The maximum atomic E-state index is 4.46. The highest BCUT2D eigenvalue weighted by atomic mass is 15.0. The lowest BCUT2D eigenvalue weighted by Gasteiger charge is -2.23. The van der Waals surface area contributed by atoms with E-state index < -0.39 is 0 Å². The van der Waals surface area contributed by atoms with Crippen LogP contribution in [0.1, 0.15) is 39.2 Å². The van der Waals surface area contributed by atoms with Crippen LogP contribution >= 0.6 is 0 Å². The largest absolute Gasteiger partial charge is 0.344 e. The Hall–Kier alpha value is -1.31. The number of benzene rings is 1. The van der Waals surface area contributed by atoms with E-state index in [9.17, 15) is 0 Å². The Labute approximate surface area is 97.8 Å². The Kier molecular flexibility index (Phi) is 2.99. The lowest BCUT2D eigenvalue weighted by atomic mass is 9.86. The third kappa shape index (κ3) is 2.43. The van der Waals surface area contributed by atoms with Crippen LogP contribution in [0.25, 0.3) is 0 Å². The fraction of sp³-hybridized carbons (Fsp3) is 0.500. The number of hydrogen-bond acceptors (Lipinski definition) is 2. The van der Waals surface area contributed by atoms with Crippen molar-refractivity contribution in [2.75, 3.05) is 11.9 Å². The number of aliphatic imine (C=N–C) groups is 1. The third-order valence-electron chi connectivity index (χ3n) is 2.89. The molecule has 1 N–H and O–H groups in total. The quantitative estimate of drug-likeness (QED) is 0.762. The summed E-state index contributed by atoms with van der Waals surface area (Å²) in [5.41, 5.74) is 2.73. The number of nitrogens with one attached hydrogen (secondary N) is 1. The predicted molar refractivity (Wildman–Crippen MR) is 70.3 cm³/mol. The molecule has 0 aliphatic carbocycles. The summed E-state index contributed by atoms with van der Waals surface area (Å²) in [5, 5.41) is 3.47. The van der Waals surface area contributed by atoms with Gasteiger partial charge in [-0.1, -0.05) is 39.0 Å². The van der Waals surface area contributed by atoms with Gasteiger partial charge in [0.2, 0.25) is 0 Å². The molecule has 1 aliphatic rings. The Morgan fingerprint density at radius 2 is 1.94 bits per heavy atom. The first kappa shape index (κ1) is 11.2. The van der Waals surface area contributed by atoms with E-state index in [0.717, 1.165) is 18.8 Å². The minimum Gasteiger partial charge on any atom is -0.344 e. The number of amidine groups is 1. The lowest BCUT2D eigenvalue weighted by molar-refractivity contribution is 0.592. The van der Waals surface area contributed by atoms with Crippen molar-refractivity contribution in [3.8, 4) is 0 Å². The minimum absolute atomic E-state index is 0.169. The first-order valence-electron chi connectivity index (χ1n) is 5.97. The summed E-state index contributed by atoms with van der Waals surface area (Å²) in [7, 11) is 0. The number of para-hydroxylation sites is 1. The zero-order chi connectivity index (χ0) is 11.6. The third-order valence-corrected chi connectivity index (χ3v) is 2.89. The summed E-state index contributed by atoms with van der Waals surface area (Å²) in [6.45, 7) is 7.69. The van der Waals surface area contributed by atoms with E-state index >= 15 is 0 Å². The Morgan fingerprint density at radius 3 is 2.56 bits per heavy atom. The molecule has 1 aliphatic heterocycles. The normalized spacial score (nSPS) is 16.1. The predicted octanol–water partition coefficient (Wildman–Crippen LogP) is 3.59. The standard InChI is InChI=1S/C14H20N2/c1-14(2,3)11-7-4-5-8-12(11)16-13-9-6-10-15-13/h4-5,7-8H,6,9-10H2,1-3H3,(H,15,16). The first-order valence-corrected chi connectivity index (χ1v) is 5.97. The minimum atomic E-state index is 0.169. The van der Waals surface area contributed by atoms with E-state index in [1.54, 1.807) is 0 Å². The second-order valence-corrected chi connectivity index (χ2v) is 5.35. The molecule has 0 radical (unpaired) electrons. The molecule has 0 fully saturated rings. The van der Waals surface area contributed by atoms with Crippen LogP contribution in [-0.4, -0.2) is 12.4 Å². The van der Waals surface area contributed by atoms with E-state index in [2.05, 4.69) is 55.3 Å². The van der Waals surface area contributed by atoms with Gasteiger partial charge in [-0.25, -0.2) is 0 Å². The van der Waals surface area contributed by atoms with Crippen LogP contribution < -0.4 is 5.32 Å². The van der Waals surface area contributed by atoms with Gasteiger partial charge < -0.3 is 5.32 Å². The van der Waals surface area contributed by atoms with Crippen molar-refractivity contribution in [1.82, 2.24) is 0 Å². The number of nitrogens with zero attached hydrogens (tertiary/aromatic N) is 1. The SMILES string of the molecule is CC(C)(C)c1ccccc1NC1=NCCC1. The highest BCUT2D eigenvalue weighted by Crippen LogP contribution is 2.29. The van der Waals surface area contributed by atoms with E-state index in [4.69, 9.17) is 0 Å². The van der Waals surface area contributed by atoms with Gasteiger partial charge in [0.05, 0.1) is 0 Å². The van der Waals surface area contributed by atoms with E-state index in [-0.39, 0.29) is 5.41 Å². The second-order valence-electron chi connectivity index (χ2n) is 5.35. The summed E-state index contributed by atoms with van der Waals surface area (Å²) < 4.78 is 0. The summed E-state index contributed by atoms with van der Waals surface area (Å²) in [4.78, 5) is 4.46. The highest BCUT2D eigenvalue weighted by molar-refractivity contribution is 5.97. The van der Waals surface area contributed by atoms with Crippen molar-refractivity contribution in [1.29, 1.82) is 0 Å². The van der Waals surface area contributed by atoms with E-state index in [0.29, 0.717) is 0 Å². The highest BCUT2D eigenvalue weighted by Gasteiger charge is 2.18. The summed E-state index contributed by atoms with van der Waals surface area (Å²) >= 11 is 0. The molecule has 1 aromatic carbocycles. The molecule has 0 atom stereocenters. The fourth-order valence-electron chi connectivity index (χ4n) is 2.04. The average molecular weight is 216 g/mol. The smallest absolute Gasteiger partial charge is 0.101 e. The lowest BCUT2D eigenvalue weighted by Crippen LogP contribution is -2.17. The topological polar surface area (TPSA) is 24.4 Å². The monoisotopic (exact) mass is 216 g/mol. The van der Waals surface area contributed by atoms with Crippen molar-refractivity contribution in [2.45, 2.75) is 39.0 Å². The van der Waals surface area contributed by atoms with Gasteiger partial charge in [-0.2, -0.15) is 0 Å². The van der Waals surface area contributed by atoms with Crippen molar-refractivity contribution >= 4 is 11.5 Å². The number of rotatable bonds is 1. The molecule has 2 heteroatoms. The average Bonchev–Trinajstić information content (AvgIpc) is 2.70. The van der Waals surface area contributed by atoms with Crippen molar-refractivity contribution in [3.05, 3.63) is 29.8 Å². The van der Waals surface area contributed by atoms with E-state index in [1.165, 1.54) is 17.7 Å². The molecule has 86 valence electrons. The van der Waals surface area contributed by atoms with Gasteiger partial charge in [0.15, 0.2) is 0 Å². The molecule has 0 saturated carbocycles. The molecule has 1 aromatic rings. The Balaban J connectivity index is 2.26. The molecule has 0 spiro atoms. The number of hydrogen-bond donors (Lipinski definition) is 1. The molecule has 0 unspecified atom stereocenters. The molecule has 16 heavy (non-hydrogen) atoms. The zero-order valence-electron chi connectivity index (χ0n) is 10.4. The zero-order valence-corrected chi connectivity index (χ0v) is 10.4. The van der Waals surface area contributed by atoms with Gasteiger partial charge in [0, 0.05) is 18.7 Å². The van der Waals surface area contributed by atoms with Gasteiger partial charge in [-0.3, -0.25) is 4.99 Å². The van der Waals surface area contributed by atoms with Crippen LogP contribution in [0.2, 0.25) is 0 Å². The van der Waals surface area contributed by atoms with Gasteiger partial charge >= 0.3 is 0 Å². The maximum Gasteiger partial charge on any atom is 0.101 e. The van der Waals surface area contributed by atoms with Crippen molar-refractivity contribution in [3.63, 3.8) is 0 Å². The van der Waals surface area contributed by atoms with Crippen LogP contribution in [-0.2, 0) is 5.41 Å². The van der Waals surface area contributed by atoms with Crippen LogP contribution in [0.15, 0.2) is 29.3 Å². The molecule has 1 heterocycles. The van der Waals surface area contributed by atoms with Crippen molar-refractivity contribution in [2.24, 2.45) is 4.99 Å². The van der Waals surface area contributed by atoms with Gasteiger partial charge in [-0.05, 0) is 23.5 Å². The van der Waals surface area contributed by atoms with Crippen LogP contribution in [0.4, 0.5) is 5.69 Å². The Bertz CT molecular complexity index is 399. The maximum absolute atomic E-state index is 4.46. The summed E-state index contributed by atoms with van der Waals surface area (Å²) in [6.07, 6.45) is 2.26. The molecule has 2 nitrogen and oxygen atoms in total. The van der Waals surface area contributed by atoms with Gasteiger partial charge in [-0.15, -0.1) is 0 Å². The molecular formula is C14H20N2. The Morgan fingerprint density at radius 1 is 1.19 bits per heavy atom. The summed E-state index contributed by atoms with van der Waals surface area (Å²) in [6, 6.07) is 8.51. The molecule has 0 amide bonds. The fourth-order valence-corrected chi connectivity index (χ4v) is 2.04. The van der Waals surface area contributed by atoms with Crippen molar-refractivity contribution < 1.29 is 0 Å². The molecule has 0 bridgehead atoms. The van der Waals surface area contributed by atoms with Crippen LogP contribution in [0.5, 0.6) is 0 Å². The van der Waals surface area contributed by atoms with Gasteiger partial charge in [0.1, 0.15) is 5.84 Å². The van der Waals surface area contributed by atoms with Crippen LogP contribution in [0, 0.1) is 0 Å². The van der Waals surface area contributed by atoms with Gasteiger partial charge in [0.25, 0.3) is 0 Å².